The van der Waals surface area contributed by atoms with Gasteiger partial charge in [-0.25, -0.2) is 17.9 Å². The lowest BCUT2D eigenvalue weighted by Gasteiger charge is -2.30. The second kappa shape index (κ2) is 14.3. The van der Waals surface area contributed by atoms with E-state index < -0.39 is 63.0 Å². The highest BCUT2D eigenvalue weighted by atomic mass is 35.5. The minimum Gasteiger partial charge on any atom is -0.444 e. The third-order valence-electron chi connectivity index (χ3n) is 8.20. The normalized spacial score (nSPS) is 27.3. The molecule has 11 nitrogen and oxygen atoms in total. The Hall–Kier alpha value is -2.83. The Morgan fingerprint density at radius 3 is 2.36 bits per heavy atom. The van der Waals surface area contributed by atoms with Crippen LogP contribution in [0.4, 0.5) is 4.79 Å². The molecule has 1 aromatic rings. The summed E-state index contributed by atoms with van der Waals surface area (Å²) in [4.78, 5) is 55.0. The zero-order chi connectivity index (χ0) is 33.0. The molecule has 0 aromatic heterocycles. The number of hydrogen-bond acceptors (Lipinski definition) is 7. The Morgan fingerprint density at radius 1 is 1.00 bits per heavy atom. The number of amides is 4. The van der Waals surface area contributed by atoms with E-state index in [4.69, 9.17) is 27.9 Å². The fraction of sp³-hybridized carbons (Fsp3) is 0.613. The summed E-state index contributed by atoms with van der Waals surface area (Å²) in [5.74, 6) is -2.29. The number of alkyl carbamates (subject to hydrolysis) is 1. The second-order valence-electron chi connectivity index (χ2n) is 13.0. The summed E-state index contributed by atoms with van der Waals surface area (Å²) in [6.45, 7) is 5.50. The highest BCUT2D eigenvalue weighted by Gasteiger charge is 2.61. The first-order chi connectivity index (χ1) is 21.1. The zero-order valence-corrected chi connectivity index (χ0v) is 28.2. The molecule has 248 valence electrons. The van der Waals surface area contributed by atoms with Gasteiger partial charge >= 0.3 is 6.09 Å². The highest BCUT2D eigenvalue weighted by Crippen LogP contribution is 2.46. The van der Waals surface area contributed by atoms with Crippen LogP contribution >= 0.6 is 23.2 Å². The van der Waals surface area contributed by atoms with E-state index in [0.29, 0.717) is 32.2 Å². The van der Waals surface area contributed by atoms with Crippen LogP contribution in [0.1, 0.15) is 85.0 Å². The van der Waals surface area contributed by atoms with Gasteiger partial charge in [0.25, 0.3) is 15.9 Å². The average Bonchev–Trinajstić information content (AvgIpc) is 3.39. The molecule has 1 unspecified atom stereocenters. The smallest absolute Gasteiger partial charge is 0.408 e. The second-order valence-corrected chi connectivity index (χ2v) is 15.5. The maximum absolute atomic E-state index is 13.8. The van der Waals surface area contributed by atoms with Crippen LogP contribution in [0.2, 0.25) is 10.0 Å². The number of fused-ring (bicyclic) bond motifs is 2. The molecular weight excluding hydrogens is 643 g/mol. The summed E-state index contributed by atoms with van der Waals surface area (Å²) >= 11 is 12.0. The van der Waals surface area contributed by atoms with Crippen molar-refractivity contribution in [3.63, 3.8) is 0 Å². The van der Waals surface area contributed by atoms with Crippen molar-refractivity contribution < 1.29 is 32.3 Å². The Kier molecular flexibility index (Phi) is 11.1. The summed E-state index contributed by atoms with van der Waals surface area (Å²) in [7, 11) is -4.38. The SMILES string of the molecule is CC(C)(C)OC(=O)NC1CCCCCCC/C=C\[C@@H]2C[C@@]2(C(=O)NS(=O)(=O)c2cc(Cl)cc(Cl)c2)NC(=O)[C@@H]2CCCN2C1=O. The Labute approximate surface area is 274 Å². The van der Waals surface area contributed by atoms with Gasteiger partial charge in [0, 0.05) is 22.5 Å². The number of benzene rings is 1. The minimum atomic E-state index is -4.38. The van der Waals surface area contributed by atoms with E-state index in [0.717, 1.165) is 32.1 Å². The van der Waals surface area contributed by atoms with Crippen LogP contribution in [0.25, 0.3) is 0 Å². The van der Waals surface area contributed by atoms with Gasteiger partial charge in [-0.05, 0) is 77.5 Å². The summed E-state index contributed by atoms with van der Waals surface area (Å²) in [6, 6.07) is 1.95. The third kappa shape index (κ3) is 9.13. The summed E-state index contributed by atoms with van der Waals surface area (Å²) < 4.78 is 33.8. The number of hydrogen-bond donors (Lipinski definition) is 3. The molecule has 0 spiro atoms. The van der Waals surface area contributed by atoms with Crippen molar-refractivity contribution in [1.82, 2.24) is 20.3 Å². The molecule has 1 aromatic carbocycles. The molecule has 4 amide bonds. The Morgan fingerprint density at radius 2 is 1.67 bits per heavy atom. The van der Waals surface area contributed by atoms with Crippen molar-refractivity contribution in [2.45, 2.75) is 113 Å². The molecule has 0 bridgehead atoms. The standard InChI is InChI=1S/C31H42Cl2N4O7S/c1-30(2,3)44-29(41)34-24-13-10-8-6-4-5-7-9-12-20-19-31(20,35-26(38)25-14-11-15-37(25)27(24)39)28(40)36-45(42,43)23-17-21(32)16-22(33)18-23/h9,12,16-18,20,24-25H,4-8,10-11,13-15,19H2,1-3H3,(H,34,41)(H,35,38)(H,36,40)/b12-9-/t20-,24?,25+,31-/m1/s1. The predicted molar refractivity (Wildman–Crippen MR) is 170 cm³/mol. The molecule has 14 heteroatoms. The summed E-state index contributed by atoms with van der Waals surface area (Å²) in [5.41, 5.74) is -2.28. The fourth-order valence-corrected chi connectivity index (χ4v) is 7.62. The molecular formula is C31H42Cl2N4O7S. The number of carbonyl (C=O) groups excluding carboxylic acids is 4. The summed E-state index contributed by atoms with van der Waals surface area (Å²) in [5, 5.41) is 5.69. The van der Waals surface area contributed by atoms with Crippen LogP contribution in [0.15, 0.2) is 35.2 Å². The van der Waals surface area contributed by atoms with Gasteiger partial charge in [-0.15, -0.1) is 0 Å². The van der Waals surface area contributed by atoms with Crippen LogP contribution in [0.5, 0.6) is 0 Å². The van der Waals surface area contributed by atoms with Crippen LogP contribution in [-0.2, 0) is 29.1 Å². The third-order valence-corrected chi connectivity index (χ3v) is 9.95. The van der Waals surface area contributed by atoms with Gasteiger partial charge in [-0.1, -0.05) is 61.0 Å². The van der Waals surface area contributed by atoms with Crippen molar-refractivity contribution in [3.05, 3.63) is 40.4 Å². The first-order valence-electron chi connectivity index (χ1n) is 15.4. The number of halogens is 2. The number of sulfonamides is 1. The molecule has 2 heterocycles. The average molecular weight is 686 g/mol. The minimum absolute atomic E-state index is 0.0833. The molecule has 1 aliphatic carbocycles. The molecule has 0 radical (unpaired) electrons. The number of nitrogens with zero attached hydrogens (tertiary/aromatic N) is 1. The first-order valence-corrected chi connectivity index (χ1v) is 17.7. The van der Waals surface area contributed by atoms with E-state index in [1.54, 1.807) is 20.8 Å². The zero-order valence-electron chi connectivity index (χ0n) is 25.9. The van der Waals surface area contributed by atoms with E-state index in [2.05, 4.69) is 15.4 Å². The van der Waals surface area contributed by atoms with Gasteiger partial charge in [0.2, 0.25) is 11.8 Å². The lowest BCUT2D eigenvalue weighted by molar-refractivity contribution is -0.141. The van der Waals surface area contributed by atoms with E-state index in [9.17, 15) is 27.6 Å². The van der Waals surface area contributed by atoms with Crippen molar-refractivity contribution in [1.29, 1.82) is 0 Å². The van der Waals surface area contributed by atoms with E-state index in [-0.39, 0.29) is 21.4 Å². The number of nitrogens with one attached hydrogen (secondary N) is 3. The van der Waals surface area contributed by atoms with Crippen molar-refractivity contribution in [2.75, 3.05) is 6.54 Å². The van der Waals surface area contributed by atoms with Crippen LogP contribution < -0.4 is 15.4 Å². The van der Waals surface area contributed by atoms with Gasteiger partial charge < -0.3 is 20.3 Å². The molecule has 45 heavy (non-hydrogen) atoms. The maximum atomic E-state index is 13.8. The predicted octanol–water partition coefficient (Wildman–Crippen LogP) is 4.86. The van der Waals surface area contributed by atoms with Crippen LogP contribution in [0.3, 0.4) is 0 Å². The van der Waals surface area contributed by atoms with Gasteiger partial charge in [0.1, 0.15) is 23.2 Å². The largest absolute Gasteiger partial charge is 0.444 e. The lowest BCUT2D eigenvalue weighted by atomic mass is 10.0. The fourth-order valence-electron chi connectivity index (χ4n) is 5.85. The van der Waals surface area contributed by atoms with Crippen molar-refractivity contribution in [2.24, 2.45) is 5.92 Å². The lowest BCUT2D eigenvalue weighted by Crippen LogP contribution is -2.58. The monoisotopic (exact) mass is 684 g/mol. The Balaban J connectivity index is 1.58. The maximum Gasteiger partial charge on any atom is 0.408 e. The first kappa shape index (κ1) is 35.0. The molecule has 3 aliphatic rings. The molecule has 4 rings (SSSR count). The summed E-state index contributed by atoms with van der Waals surface area (Å²) in [6.07, 6.45) is 9.77. The molecule has 4 atom stereocenters. The van der Waals surface area contributed by atoms with Gasteiger partial charge in [-0.2, -0.15) is 0 Å². The van der Waals surface area contributed by atoms with Gasteiger partial charge in [-0.3, -0.25) is 14.4 Å². The number of rotatable bonds is 4. The van der Waals surface area contributed by atoms with E-state index in [1.165, 1.54) is 23.1 Å². The molecule has 2 fully saturated rings. The topological polar surface area (TPSA) is 151 Å². The van der Waals surface area contributed by atoms with Gasteiger partial charge in [0.05, 0.1) is 4.90 Å². The van der Waals surface area contributed by atoms with E-state index in [1.807, 2.05) is 12.2 Å². The van der Waals surface area contributed by atoms with Gasteiger partial charge in [0.15, 0.2) is 0 Å². The molecule has 2 aliphatic heterocycles. The quantitative estimate of drug-likeness (QED) is 0.383. The number of ether oxygens (including phenoxy) is 1. The molecule has 3 N–H and O–H groups in total. The highest BCUT2D eigenvalue weighted by molar-refractivity contribution is 7.90. The van der Waals surface area contributed by atoms with E-state index >= 15 is 0 Å². The number of allylic oxidation sites excluding steroid dienone is 1. The molecule has 1 saturated carbocycles. The van der Waals surface area contributed by atoms with Crippen LogP contribution in [-0.4, -0.2) is 66.9 Å². The van der Waals surface area contributed by atoms with Crippen LogP contribution in [0, 0.1) is 5.92 Å². The van der Waals surface area contributed by atoms with Crippen molar-refractivity contribution >= 4 is 57.0 Å². The number of carbonyl (C=O) groups is 4. The Bertz CT molecular complexity index is 1430. The molecule has 1 saturated heterocycles. The van der Waals surface area contributed by atoms with Crippen molar-refractivity contribution in [3.8, 4) is 0 Å².